The van der Waals surface area contributed by atoms with Crippen LogP contribution in [0.3, 0.4) is 0 Å². The molecular weight excluding hydrogens is 258 g/mol. The minimum absolute atomic E-state index is 0.172. The van der Waals surface area contributed by atoms with Crippen molar-refractivity contribution >= 4 is 5.69 Å². The summed E-state index contributed by atoms with van der Waals surface area (Å²) >= 11 is 0. The van der Waals surface area contributed by atoms with Gasteiger partial charge in [-0.3, -0.25) is 0 Å². The molecule has 1 N–H and O–H groups in total. The maximum Gasteiger partial charge on any atom is 0.141 e. The molecule has 1 aromatic carbocycles. The highest BCUT2D eigenvalue weighted by Crippen LogP contribution is 2.32. The molecule has 0 aliphatic heterocycles. The molecule has 0 atom stereocenters. The van der Waals surface area contributed by atoms with Crippen molar-refractivity contribution in [2.45, 2.75) is 64.7 Å². The first kappa shape index (κ1) is 16.2. The minimum Gasteiger partial charge on any atom is -0.495 e. The van der Waals surface area contributed by atoms with E-state index in [1.165, 1.54) is 44.1 Å². The molecule has 21 heavy (non-hydrogen) atoms. The Morgan fingerprint density at radius 1 is 1.10 bits per heavy atom. The Morgan fingerprint density at radius 2 is 1.76 bits per heavy atom. The van der Waals surface area contributed by atoms with Gasteiger partial charge in [-0.15, -0.1) is 0 Å². The maximum absolute atomic E-state index is 5.52. The first-order valence-electron chi connectivity index (χ1n) is 8.43. The van der Waals surface area contributed by atoms with Crippen LogP contribution in [0.15, 0.2) is 18.2 Å². The van der Waals surface area contributed by atoms with Crippen LogP contribution in [0.2, 0.25) is 0 Å². The predicted molar refractivity (Wildman–Crippen MR) is 91.4 cm³/mol. The molecule has 1 aliphatic carbocycles. The van der Waals surface area contributed by atoms with Gasteiger partial charge in [0.15, 0.2) is 0 Å². The first-order chi connectivity index (χ1) is 10.0. The average molecular weight is 289 g/mol. The van der Waals surface area contributed by atoms with E-state index in [0.717, 1.165) is 23.9 Å². The van der Waals surface area contributed by atoms with Crippen LogP contribution in [0.5, 0.6) is 5.75 Å². The molecule has 0 radical (unpaired) electrons. The Hall–Kier alpha value is -1.18. The van der Waals surface area contributed by atoms with Crippen molar-refractivity contribution < 1.29 is 4.74 Å². The third kappa shape index (κ3) is 4.66. The van der Waals surface area contributed by atoms with Gasteiger partial charge in [0.05, 0.1) is 12.8 Å². The number of rotatable bonds is 4. The number of hydrogen-bond acceptors (Lipinski definition) is 2. The Bertz CT molecular complexity index is 439. The van der Waals surface area contributed by atoms with E-state index in [1.807, 2.05) is 0 Å². The average Bonchev–Trinajstić information content (AvgIpc) is 2.72. The summed E-state index contributed by atoms with van der Waals surface area (Å²) in [6.45, 7) is 7.83. The van der Waals surface area contributed by atoms with Crippen molar-refractivity contribution in [1.29, 1.82) is 0 Å². The molecule has 118 valence electrons. The fraction of sp³-hybridized carbons (Fsp3) is 0.684. The number of hydrogen-bond donors (Lipinski definition) is 1. The van der Waals surface area contributed by atoms with Crippen molar-refractivity contribution in [3.8, 4) is 5.75 Å². The van der Waals surface area contributed by atoms with E-state index in [2.05, 4.69) is 44.3 Å². The van der Waals surface area contributed by atoms with Gasteiger partial charge in [-0.25, -0.2) is 0 Å². The second kappa shape index (κ2) is 7.20. The van der Waals surface area contributed by atoms with Gasteiger partial charge in [0.2, 0.25) is 0 Å². The van der Waals surface area contributed by atoms with Gasteiger partial charge >= 0.3 is 0 Å². The Labute approximate surface area is 130 Å². The van der Waals surface area contributed by atoms with Crippen LogP contribution in [0.1, 0.15) is 64.9 Å². The standard InChI is InChI=1S/C19H31NO/c1-19(2,3)16-11-12-18(21-4)17(13-16)20-14-15-9-7-5-6-8-10-15/h11-13,15,20H,5-10,14H2,1-4H3. The van der Waals surface area contributed by atoms with Crippen LogP contribution < -0.4 is 10.1 Å². The van der Waals surface area contributed by atoms with Crippen LogP contribution in [-0.4, -0.2) is 13.7 Å². The fourth-order valence-electron chi connectivity index (χ4n) is 3.13. The van der Waals surface area contributed by atoms with Gasteiger partial charge in [0.1, 0.15) is 5.75 Å². The lowest BCUT2D eigenvalue weighted by Gasteiger charge is -2.22. The second-order valence-electron chi connectivity index (χ2n) is 7.40. The molecule has 0 spiro atoms. The smallest absolute Gasteiger partial charge is 0.141 e. The van der Waals surface area contributed by atoms with Crippen molar-refractivity contribution in [1.82, 2.24) is 0 Å². The number of methoxy groups -OCH3 is 1. The summed E-state index contributed by atoms with van der Waals surface area (Å²) in [6.07, 6.45) is 8.36. The highest BCUT2D eigenvalue weighted by atomic mass is 16.5. The van der Waals surface area contributed by atoms with Gasteiger partial charge in [0.25, 0.3) is 0 Å². The summed E-state index contributed by atoms with van der Waals surface area (Å²) in [7, 11) is 1.75. The van der Waals surface area contributed by atoms with Crippen molar-refractivity contribution in [3.05, 3.63) is 23.8 Å². The lowest BCUT2D eigenvalue weighted by Crippen LogP contribution is -2.16. The van der Waals surface area contributed by atoms with E-state index >= 15 is 0 Å². The summed E-state index contributed by atoms with van der Waals surface area (Å²) in [6, 6.07) is 6.53. The first-order valence-corrected chi connectivity index (χ1v) is 8.43. The van der Waals surface area contributed by atoms with Crippen LogP contribution in [0.4, 0.5) is 5.69 Å². The molecule has 0 saturated heterocycles. The summed E-state index contributed by atoms with van der Waals surface area (Å²) in [5.41, 5.74) is 2.67. The van der Waals surface area contributed by atoms with Gasteiger partial charge in [0, 0.05) is 6.54 Å². The predicted octanol–water partition coefficient (Wildman–Crippen LogP) is 5.38. The van der Waals surface area contributed by atoms with Gasteiger partial charge < -0.3 is 10.1 Å². The lowest BCUT2D eigenvalue weighted by atomic mass is 9.86. The van der Waals surface area contributed by atoms with Crippen molar-refractivity contribution in [2.75, 3.05) is 19.0 Å². The monoisotopic (exact) mass is 289 g/mol. The lowest BCUT2D eigenvalue weighted by molar-refractivity contribution is 0.414. The van der Waals surface area contributed by atoms with Crippen LogP contribution >= 0.6 is 0 Å². The third-order valence-corrected chi connectivity index (χ3v) is 4.62. The number of ether oxygens (including phenoxy) is 1. The highest BCUT2D eigenvalue weighted by Gasteiger charge is 2.17. The van der Waals surface area contributed by atoms with Crippen LogP contribution in [0.25, 0.3) is 0 Å². The van der Waals surface area contributed by atoms with E-state index in [9.17, 15) is 0 Å². The molecule has 1 saturated carbocycles. The Balaban J connectivity index is 2.06. The normalized spacial score (nSPS) is 17.3. The summed E-state index contributed by atoms with van der Waals surface area (Å²) in [5.74, 6) is 1.77. The second-order valence-corrected chi connectivity index (χ2v) is 7.40. The number of nitrogens with one attached hydrogen (secondary N) is 1. The quantitative estimate of drug-likeness (QED) is 0.752. The van der Waals surface area contributed by atoms with Crippen LogP contribution in [-0.2, 0) is 5.41 Å². The third-order valence-electron chi connectivity index (χ3n) is 4.62. The topological polar surface area (TPSA) is 21.3 Å². The van der Waals surface area contributed by atoms with Gasteiger partial charge in [-0.2, -0.15) is 0 Å². The van der Waals surface area contributed by atoms with E-state index in [4.69, 9.17) is 4.74 Å². The van der Waals surface area contributed by atoms with Gasteiger partial charge in [-0.1, -0.05) is 52.5 Å². The molecule has 0 aromatic heterocycles. The summed E-state index contributed by atoms with van der Waals surface area (Å²) in [4.78, 5) is 0. The largest absolute Gasteiger partial charge is 0.495 e. The van der Waals surface area contributed by atoms with Crippen molar-refractivity contribution in [3.63, 3.8) is 0 Å². The summed E-state index contributed by atoms with van der Waals surface area (Å²) in [5, 5.41) is 3.65. The molecular formula is C19H31NO. The Morgan fingerprint density at radius 3 is 2.33 bits per heavy atom. The molecule has 2 nitrogen and oxygen atoms in total. The minimum atomic E-state index is 0.172. The molecule has 0 unspecified atom stereocenters. The molecule has 1 aliphatic rings. The van der Waals surface area contributed by atoms with E-state index in [1.54, 1.807) is 7.11 Å². The van der Waals surface area contributed by atoms with Crippen LogP contribution in [0, 0.1) is 5.92 Å². The molecule has 2 heteroatoms. The number of anilines is 1. The molecule has 1 aromatic rings. The zero-order valence-electron chi connectivity index (χ0n) is 14.2. The van der Waals surface area contributed by atoms with E-state index < -0.39 is 0 Å². The highest BCUT2D eigenvalue weighted by molar-refractivity contribution is 5.59. The van der Waals surface area contributed by atoms with E-state index in [0.29, 0.717) is 0 Å². The molecule has 0 amide bonds. The zero-order chi connectivity index (χ0) is 15.3. The Kier molecular flexibility index (Phi) is 5.55. The fourth-order valence-corrected chi connectivity index (χ4v) is 3.13. The van der Waals surface area contributed by atoms with Gasteiger partial charge in [-0.05, 0) is 41.9 Å². The molecule has 0 bridgehead atoms. The zero-order valence-corrected chi connectivity index (χ0v) is 14.2. The maximum atomic E-state index is 5.52. The molecule has 0 heterocycles. The summed E-state index contributed by atoms with van der Waals surface area (Å²) < 4.78 is 5.52. The molecule has 1 fully saturated rings. The molecule has 2 rings (SSSR count). The SMILES string of the molecule is COc1ccc(C(C)(C)C)cc1NCC1CCCCCC1. The van der Waals surface area contributed by atoms with Crippen molar-refractivity contribution in [2.24, 2.45) is 5.92 Å². The van der Waals surface area contributed by atoms with E-state index in [-0.39, 0.29) is 5.41 Å². The number of benzene rings is 1.